The lowest BCUT2D eigenvalue weighted by atomic mass is 10.1. The molecule has 0 aliphatic rings. The van der Waals surface area contributed by atoms with Crippen LogP contribution in [0.1, 0.15) is 60.1 Å². The maximum atomic E-state index is 14.5. The molecule has 1 N–H and O–H groups in total. The van der Waals surface area contributed by atoms with Crippen molar-refractivity contribution < 1.29 is 32.9 Å². The number of aromatic nitrogens is 2. The molecule has 0 bridgehead atoms. The fraction of sp³-hybridized carbons (Fsp3) is 0.444. The van der Waals surface area contributed by atoms with E-state index in [1.807, 2.05) is 12.3 Å². The number of nitrogens with one attached hydrogen (secondary N) is 1. The van der Waals surface area contributed by atoms with Crippen molar-refractivity contribution in [2.45, 2.75) is 65.8 Å². The first-order valence-corrected chi connectivity index (χ1v) is 13.6. The van der Waals surface area contributed by atoms with Gasteiger partial charge in [-0.3, -0.25) is 0 Å². The first-order valence-electron chi connectivity index (χ1n) is 12.2. The molecule has 2 amide bonds. The van der Waals surface area contributed by atoms with E-state index < -0.39 is 35.3 Å². The van der Waals surface area contributed by atoms with Crippen LogP contribution in [0.5, 0.6) is 11.5 Å². The van der Waals surface area contributed by atoms with Gasteiger partial charge in [-0.15, -0.1) is 0 Å². The summed E-state index contributed by atoms with van der Waals surface area (Å²) in [5, 5.41) is 0.716. The van der Waals surface area contributed by atoms with Gasteiger partial charge in [-0.05, 0) is 89.3 Å². The topological polar surface area (TPSA) is 103 Å². The third kappa shape index (κ3) is 8.34. The van der Waals surface area contributed by atoms with Crippen LogP contribution in [0.15, 0.2) is 30.6 Å². The Balaban J connectivity index is 1.80. The molecule has 212 valence electrons. The van der Waals surface area contributed by atoms with Crippen LogP contribution in [0.4, 0.5) is 14.0 Å². The zero-order chi connectivity index (χ0) is 29.1. The lowest BCUT2D eigenvalue weighted by molar-refractivity contribution is -0.000741. The summed E-state index contributed by atoms with van der Waals surface area (Å²) in [6.45, 7) is 11.5. The van der Waals surface area contributed by atoms with Crippen molar-refractivity contribution in [3.8, 4) is 11.5 Å². The minimum Gasteiger partial charge on any atom is -0.491 e. The minimum absolute atomic E-state index is 0.144. The molecule has 0 saturated heterocycles. The van der Waals surface area contributed by atoms with E-state index in [1.54, 1.807) is 54.7 Å². The van der Waals surface area contributed by atoms with Gasteiger partial charge in [0.05, 0.1) is 23.3 Å². The van der Waals surface area contributed by atoms with Gasteiger partial charge in [-0.25, -0.2) is 23.9 Å². The zero-order valence-electron chi connectivity index (χ0n) is 22.9. The second kappa shape index (κ2) is 12.2. The maximum absolute atomic E-state index is 14.5. The lowest BCUT2D eigenvalue weighted by Crippen LogP contribution is -2.45. The Labute approximate surface area is 245 Å². The molecule has 0 aliphatic carbocycles. The molecule has 0 aliphatic heterocycles. The summed E-state index contributed by atoms with van der Waals surface area (Å²) in [6.07, 6.45) is 0.900. The number of carbonyl (C=O) groups excluding carboxylic acids is 2. The van der Waals surface area contributed by atoms with Crippen LogP contribution < -0.4 is 9.47 Å². The number of fused-ring (bicyclic) bond motifs is 1. The molecule has 0 radical (unpaired) electrons. The Hall–Kier alpha value is -2.80. The molecule has 2 heterocycles. The van der Waals surface area contributed by atoms with E-state index in [1.165, 1.54) is 12.1 Å². The van der Waals surface area contributed by atoms with Crippen molar-refractivity contribution in [3.63, 3.8) is 0 Å². The van der Waals surface area contributed by atoms with Gasteiger partial charge < -0.3 is 23.9 Å². The van der Waals surface area contributed by atoms with Crippen LogP contribution in [0.3, 0.4) is 0 Å². The number of ether oxygens (including phenoxy) is 4. The number of hydrogen-bond acceptors (Lipinski definition) is 7. The normalized spacial score (nSPS) is 12.7. The van der Waals surface area contributed by atoms with Gasteiger partial charge in [-0.1, -0.05) is 11.6 Å². The number of amides is 2. The van der Waals surface area contributed by atoms with Crippen molar-refractivity contribution in [1.82, 2.24) is 14.9 Å². The first-order chi connectivity index (χ1) is 18.1. The van der Waals surface area contributed by atoms with E-state index in [4.69, 9.17) is 30.5 Å². The van der Waals surface area contributed by atoms with E-state index in [2.05, 4.69) is 32.6 Å². The highest BCUT2D eigenvalue weighted by atomic mass is 127. The van der Waals surface area contributed by atoms with Gasteiger partial charge in [0.2, 0.25) is 0 Å². The molecule has 3 aromatic rings. The van der Waals surface area contributed by atoms with Gasteiger partial charge in [0, 0.05) is 15.2 Å². The fourth-order valence-corrected chi connectivity index (χ4v) is 4.35. The number of pyridine rings is 1. The largest absolute Gasteiger partial charge is 0.491 e. The Kier molecular flexibility index (Phi) is 9.58. The monoisotopic (exact) mass is 675 g/mol. The van der Waals surface area contributed by atoms with Gasteiger partial charge >= 0.3 is 12.2 Å². The Bertz CT molecular complexity index is 1320. The van der Waals surface area contributed by atoms with Crippen LogP contribution in [-0.2, 0) is 9.47 Å². The van der Waals surface area contributed by atoms with E-state index in [9.17, 15) is 14.0 Å². The number of rotatable bonds is 7. The van der Waals surface area contributed by atoms with Crippen LogP contribution in [0, 0.1) is 9.39 Å². The summed E-state index contributed by atoms with van der Waals surface area (Å²) >= 11 is 8.52. The average molecular weight is 676 g/mol. The van der Waals surface area contributed by atoms with E-state index >= 15 is 0 Å². The number of hydrogen-bond donors (Lipinski definition) is 1. The lowest BCUT2D eigenvalue weighted by Gasteiger charge is -2.28. The quantitative estimate of drug-likeness (QED) is 0.257. The SMILES string of the molecule is CC(Oc1cnc2[nH]cc(I)c2c1)c1c(OCCN(C(=O)OC(C)(C)C)C(=O)OC(C)(C)C)ccc(F)c1Cl. The summed E-state index contributed by atoms with van der Waals surface area (Å²) < 4.78 is 38.1. The minimum atomic E-state index is -0.878. The van der Waals surface area contributed by atoms with Gasteiger partial charge in [0.1, 0.15) is 46.9 Å². The van der Waals surface area contributed by atoms with Gasteiger partial charge in [0.25, 0.3) is 0 Å². The average Bonchev–Trinajstić information content (AvgIpc) is 3.16. The molecular weight excluding hydrogens is 644 g/mol. The molecule has 12 heteroatoms. The van der Waals surface area contributed by atoms with Crippen molar-refractivity contribution >= 4 is 57.4 Å². The summed E-state index contributed by atoms with van der Waals surface area (Å²) in [7, 11) is 0. The van der Waals surface area contributed by atoms with Crippen molar-refractivity contribution in [3.05, 3.63) is 50.6 Å². The Morgan fingerprint density at radius 3 is 2.33 bits per heavy atom. The van der Waals surface area contributed by atoms with E-state index in [0.717, 1.165) is 13.9 Å². The number of nitrogens with zero attached hydrogens (tertiary/aromatic N) is 2. The highest BCUT2D eigenvalue weighted by Gasteiger charge is 2.31. The first kappa shape index (κ1) is 30.7. The summed E-state index contributed by atoms with van der Waals surface area (Å²) in [4.78, 5) is 33.7. The number of carbonyl (C=O) groups is 2. The Morgan fingerprint density at radius 1 is 1.13 bits per heavy atom. The zero-order valence-corrected chi connectivity index (χ0v) is 25.8. The van der Waals surface area contributed by atoms with Gasteiger partial charge in [-0.2, -0.15) is 0 Å². The Morgan fingerprint density at radius 2 is 1.74 bits per heavy atom. The maximum Gasteiger partial charge on any atom is 0.419 e. The second-order valence-electron chi connectivity index (χ2n) is 10.7. The summed E-state index contributed by atoms with van der Waals surface area (Å²) in [6, 6.07) is 4.41. The second-order valence-corrected chi connectivity index (χ2v) is 12.2. The molecule has 39 heavy (non-hydrogen) atoms. The standard InChI is InChI=1S/C27H32ClFIN3O6/c1-15(37-16-12-17-19(30)14-32-23(17)31-13-16)21-20(9-8-18(29)22(21)28)36-11-10-33(24(34)38-26(2,3)4)25(35)39-27(5,6)7/h8-9,12-15H,10-11H2,1-7H3,(H,31,32). The molecule has 9 nitrogen and oxygen atoms in total. The van der Waals surface area contributed by atoms with Gasteiger partial charge in [0.15, 0.2) is 0 Å². The molecule has 3 rings (SSSR count). The van der Waals surface area contributed by atoms with Crippen LogP contribution >= 0.6 is 34.2 Å². The molecule has 2 aromatic heterocycles. The highest BCUT2D eigenvalue weighted by molar-refractivity contribution is 14.1. The third-order valence-electron chi connectivity index (χ3n) is 5.07. The van der Waals surface area contributed by atoms with Crippen molar-refractivity contribution in [1.29, 1.82) is 0 Å². The molecule has 0 spiro atoms. The number of benzene rings is 1. The van der Waals surface area contributed by atoms with Crippen molar-refractivity contribution in [2.75, 3.05) is 13.2 Å². The third-order valence-corrected chi connectivity index (χ3v) is 6.34. The summed E-state index contributed by atoms with van der Waals surface area (Å²) in [5.41, 5.74) is -0.689. The van der Waals surface area contributed by atoms with Crippen molar-refractivity contribution in [2.24, 2.45) is 0 Å². The molecule has 0 saturated carbocycles. The molecular formula is C27H32ClFIN3O6. The number of H-pyrrole nitrogens is 1. The predicted molar refractivity (Wildman–Crippen MR) is 154 cm³/mol. The van der Waals surface area contributed by atoms with E-state index in [-0.39, 0.29) is 29.5 Å². The smallest absolute Gasteiger partial charge is 0.419 e. The highest BCUT2D eigenvalue weighted by Crippen LogP contribution is 2.37. The predicted octanol–water partition coefficient (Wildman–Crippen LogP) is 7.65. The molecule has 1 aromatic carbocycles. The number of halogens is 3. The molecule has 1 unspecified atom stereocenters. The fourth-order valence-electron chi connectivity index (χ4n) is 3.47. The van der Waals surface area contributed by atoms with Crippen LogP contribution in [0.2, 0.25) is 5.02 Å². The van der Waals surface area contributed by atoms with Crippen LogP contribution in [-0.4, -0.2) is 51.4 Å². The number of imide groups is 1. The van der Waals surface area contributed by atoms with Crippen LogP contribution in [0.25, 0.3) is 11.0 Å². The molecule has 1 atom stereocenters. The number of aromatic amines is 1. The molecule has 0 fully saturated rings. The van der Waals surface area contributed by atoms with E-state index in [0.29, 0.717) is 11.4 Å². The summed E-state index contributed by atoms with van der Waals surface area (Å²) in [5.74, 6) is 0.0414.